The highest BCUT2D eigenvalue weighted by Gasteiger charge is 2.36. The van der Waals surface area contributed by atoms with Crippen LogP contribution in [0.3, 0.4) is 0 Å². The third kappa shape index (κ3) is 3.13. The van der Waals surface area contributed by atoms with Crippen LogP contribution in [0.25, 0.3) is 0 Å². The van der Waals surface area contributed by atoms with Gasteiger partial charge in [0.25, 0.3) is 0 Å². The molecule has 116 valence electrons. The molecule has 22 heavy (non-hydrogen) atoms. The van der Waals surface area contributed by atoms with E-state index in [0.29, 0.717) is 17.7 Å². The van der Waals surface area contributed by atoms with Crippen molar-refractivity contribution in [2.75, 3.05) is 11.5 Å². The van der Waals surface area contributed by atoms with Crippen LogP contribution in [0.5, 0.6) is 0 Å². The third-order valence-electron chi connectivity index (χ3n) is 4.05. The van der Waals surface area contributed by atoms with Crippen LogP contribution in [0, 0.1) is 0 Å². The Morgan fingerprint density at radius 2 is 1.91 bits per heavy atom. The lowest BCUT2D eigenvalue weighted by Gasteiger charge is -2.08. The Morgan fingerprint density at radius 3 is 2.59 bits per heavy atom. The number of hydrogen-bond donors (Lipinski definition) is 0. The van der Waals surface area contributed by atoms with Gasteiger partial charge in [0, 0.05) is 28.4 Å². The first-order chi connectivity index (χ1) is 10.8. The number of aromatic nitrogens is 3. The van der Waals surface area contributed by atoms with Gasteiger partial charge in [0.1, 0.15) is 5.82 Å². The van der Waals surface area contributed by atoms with Crippen LogP contribution in [-0.4, -0.2) is 30.5 Å². The van der Waals surface area contributed by atoms with Crippen molar-refractivity contribution < 1.29 is 4.21 Å². The van der Waals surface area contributed by atoms with Crippen molar-refractivity contribution in [2.24, 2.45) is 0 Å². The van der Waals surface area contributed by atoms with Gasteiger partial charge in [-0.05, 0) is 37.8 Å². The standard InChI is InChI=1S/C16H19N3OS2/c20-22(14-4-2-1-3-5-14)11-10-21-16-18-17-15(12-6-7-12)19(16)13-8-9-13/h1-5,12-13H,6-11H2/t22-/m1/s1. The van der Waals surface area contributed by atoms with Gasteiger partial charge in [0.15, 0.2) is 5.16 Å². The molecule has 1 aromatic carbocycles. The zero-order valence-corrected chi connectivity index (χ0v) is 14.0. The monoisotopic (exact) mass is 333 g/mol. The molecule has 2 aromatic rings. The minimum Gasteiger partial charge on any atom is -0.303 e. The highest BCUT2D eigenvalue weighted by molar-refractivity contribution is 8.00. The van der Waals surface area contributed by atoms with E-state index in [1.807, 2.05) is 30.3 Å². The minimum absolute atomic E-state index is 0.618. The van der Waals surface area contributed by atoms with Gasteiger partial charge in [-0.15, -0.1) is 10.2 Å². The van der Waals surface area contributed by atoms with Crippen LogP contribution in [0.2, 0.25) is 0 Å². The molecule has 0 radical (unpaired) electrons. The molecular formula is C16H19N3OS2. The first kappa shape index (κ1) is 14.5. The van der Waals surface area contributed by atoms with E-state index in [9.17, 15) is 4.21 Å². The average Bonchev–Trinajstić information content (AvgIpc) is 3.47. The second-order valence-corrected chi connectivity index (χ2v) is 8.56. The number of rotatable bonds is 7. The van der Waals surface area contributed by atoms with Gasteiger partial charge in [-0.1, -0.05) is 30.0 Å². The predicted octanol–water partition coefficient (Wildman–Crippen LogP) is 3.39. The normalized spacial score (nSPS) is 19.3. The summed E-state index contributed by atoms with van der Waals surface area (Å²) in [6, 6.07) is 10.3. The molecule has 0 bridgehead atoms. The Bertz CT molecular complexity index is 678. The summed E-state index contributed by atoms with van der Waals surface area (Å²) in [5.41, 5.74) is 0. The lowest BCUT2D eigenvalue weighted by Crippen LogP contribution is -2.04. The third-order valence-corrected chi connectivity index (χ3v) is 6.63. The largest absolute Gasteiger partial charge is 0.303 e. The van der Waals surface area contributed by atoms with Crippen molar-refractivity contribution in [1.29, 1.82) is 0 Å². The lowest BCUT2D eigenvalue weighted by atomic mass is 10.4. The Hall–Kier alpha value is -1.14. The van der Waals surface area contributed by atoms with E-state index in [2.05, 4.69) is 14.8 Å². The molecule has 2 aliphatic rings. The minimum atomic E-state index is -0.927. The Balaban J connectivity index is 1.39. The number of nitrogens with zero attached hydrogens (tertiary/aromatic N) is 3. The van der Waals surface area contributed by atoms with E-state index < -0.39 is 10.8 Å². The van der Waals surface area contributed by atoms with Gasteiger partial charge in [-0.2, -0.15) is 0 Å². The smallest absolute Gasteiger partial charge is 0.191 e. The zero-order valence-electron chi connectivity index (χ0n) is 12.4. The molecule has 0 spiro atoms. The maximum absolute atomic E-state index is 12.2. The van der Waals surface area contributed by atoms with E-state index in [1.165, 1.54) is 31.5 Å². The molecule has 0 N–H and O–H groups in total. The van der Waals surface area contributed by atoms with Crippen LogP contribution in [0.15, 0.2) is 40.4 Å². The molecule has 0 aliphatic heterocycles. The second kappa shape index (κ2) is 6.16. The van der Waals surface area contributed by atoms with Crippen LogP contribution in [0.4, 0.5) is 0 Å². The maximum atomic E-state index is 12.2. The van der Waals surface area contributed by atoms with Crippen molar-refractivity contribution in [3.05, 3.63) is 36.2 Å². The fraction of sp³-hybridized carbons (Fsp3) is 0.500. The summed E-state index contributed by atoms with van der Waals surface area (Å²) in [7, 11) is -0.927. The summed E-state index contributed by atoms with van der Waals surface area (Å²) in [4.78, 5) is 0.908. The predicted molar refractivity (Wildman–Crippen MR) is 88.7 cm³/mol. The Labute approximate surface area is 137 Å². The average molecular weight is 333 g/mol. The molecule has 1 atom stereocenters. The molecule has 0 saturated heterocycles. The van der Waals surface area contributed by atoms with Gasteiger partial charge in [-0.3, -0.25) is 4.21 Å². The fourth-order valence-corrected chi connectivity index (χ4v) is 4.88. The first-order valence-electron chi connectivity index (χ1n) is 7.84. The fourth-order valence-electron chi connectivity index (χ4n) is 2.58. The van der Waals surface area contributed by atoms with Crippen molar-refractivity contribution >= 4 is 22.6 Å². The van der Waals surface area contributed by atoms with Crippen molar-refractivity contribution in [1.82, 2.24) is 14.8 Å². The summed E-state index contributed by atoms with van der Waals surface area (Å²) in [5, 5.41) is 9.82. The van der Waals surface area contributed by atoms with Crippen LogP contribution < -0.4 is 0 Å². The van der Waals surface area contributed by atoms with Crippen LogP contribution in [-0.2, 0) is 10.8 Å². The van der Waals surface area contributed by atoms with Crippen molar-refractivity contribution in [2.45, 2.75) is 47.7 Å². The Kier molecular flexibility index (Phi) is 4.05. The zero-order chi connectivity index (χ0) is 14.9. The van der Waals surface area contributed by atoms with Crippen LogP contribution >= 0.6 is 11.8 Å². The summed E-state index contributed by atoms with van der Waals surface area (Å²) in [6.45, 7) is 0. The number of thioether (sulfide) groups is 1. The highest BCUT2D eigenvalue weighted by Crippen LogP contribution is 2.45. The maximum Gasteiger partial charge on any atom is 0.191 e. The van der Waals surface area contributed by atoms with E-state index >= 15 is 0 Å². The molecule has 0 unspecified atom stereocenters. The molecule has 2 aliphatic carbocycles. The van der Waals surface area contributed by atoms with E-state index in [1.54, 1.807) is 11.8 Å². The number of benzene rings is 1. The molecular weight excluding hydrogens is 314 g/mol. The molecule has 2 saturated carbocycles. The SMILES string of the molecule is O=[S@](CCSc1nnc(C2CC2)n1C1CC1)c1ccccc1. The van der Waals surface area contributed by atoms with E-state index in [4.69, 9.17) is 0 Å². The summed E-state index contributed by atoms with van der Waals surface area (Å²) < 4.78 is 14.6. The molecule has 4 rings (SSSR count). The summed E-state index contributed by atoms with van der Waals surface area (Å²) in [6.07, 6.45) is 5.02. The number of hydrogen-bond acceptors (Lipinski definition) is 4. The van der Waals surface area contributed by atoms with Crippen molar-refractivity contribution in [3.8, 4) is 0 Å². The van der Waals surface area contributed by atoms with E-state index in [-0.39, 0.29) is 0 Å². The Morgan fingerprint density at radius 1 is 1.14 bits per heavy atom. The molecule has 1 aromatic heterocycles. The highest BCUT2D eigenvalue weighted by atomic mass is 32.2. The van der Waals surface area contributed by atoms with Gasteiger partial charge in [-0.25, -0.2) is 0 Å². The lowest BCUT2D eigenvalue weighted by molar-refractivity contribution is 0.627. The van der Waals surface area contributed by atoms with Gasteiger partial charge in [0.05, 0.1) is 10.8 Å². The van der Waals surface area contributed by atoms with Crippen molar-refractivity contribution in [3.63, 3.8) is 0 Å². The van der Waals surface area contributed by atoms with E-state index in [0.717, 1.165) is 15.8 Å². The van der Waals surface area contributed by atoms with Gasteiger partial charge < -0.3 is 4.57 Å². The second-order valence-electron chi connectivity index (χ2n) is 5.93. The van der Waals surface area contributed by atoms with Crippen LogP contribution in [0.1, 0.15) is 43.5 Å². The molecule has 4 nitrogen and oxygen atoms in total. The topological polar surface area (TPSA) is 47.8 Å². The quantitative estimate of drug-likeness (QED) is 0.729. The summed E-state index contributed by atoms with van der Waals surface area (Å²) in [5.74, 6) is 3.30. The molecule has 6 heteroatoms. The molecule has 0 amide bonds. The molecule has 1 heterocycles. The van der Waals surface area contributed by atoms with Gasteiger partial charge in [0.2, 0.25) is 0 Å². The van der Waals surface area contributed by atoms with Gasteiger partial charge >= 0.3 is 0 Å². The molecule has 2 fully saturated rings. The summed E-state index contributed by atoms with van der Waals surface area (Å²) >= 11 is 1.70. The first-order valence-corrected chi connectivity index (χ1v) is 10.1.